The van der Waals surface area contributed by atoms with E-state index in [1.165, 1.54) is 5.56 Å². The second-order valence-electron chi connectivity index (χ2n) is 11.8. The van der Waals surface area contributed by atoms with Gasteiger partial charge in [-0.1, -0.05) is 117 Å². The Balaban J connectivity index is 1.52. The molecule has 0 spiro atoms. The van der Waals surface area contributed by atoms with E-state index in [9.17, 15) is 4.79 Å². The minimum absolute atomic E-state index is 0.00431. The van der Waals surface area contributed by atoms with Crippen LogP contribution in [0.5, 0.6) is 11.5 Å². The topological polar surface area (TPSA) is 64.1 Å². The van der Waals surface area contributed by atoms with Crippen LogP contribution >= 0.6 is 23.2 Å². The maximum Gasteiger partial charge on any atom is 0.196 e. The van der Waals surface area contributed by atoms with Crippen LogP contribution < -0.4 is 10.1 Å². The summed E-state index contributed by atoms with van der Waals surface area (Å²) in [6.07, 6.45) is 0. The van der Waals surface area contributed by atoms with Crippen molar-refractivity contribution in [2.24, 2.45) is 0 Å². The summed E-state index contributed by atoms with van der Waals surface area (Å²) in [6, 6.07) is 32.4. The lowest BCUT2D eigenvalue weighted by molar-refractivity contribution is 0.104. The van der Waals surface area contributed by atoms with Gasteiger partial charge in [0.15, 0.2) is 17.4 Å². The summed E-state index contributed by atoms with van der Waals surface area (Å²) in [5.74, 6) is 1.48. The Morgan fingerprint density at radius 1 is 0.750 bits per heavy atom. The first-order chi connectivity index (χ1) is 21.2. The van der Waals surface area contributed by atoms with Gasteiger partial charge in [0.25, 0.3) is 0 Å². The molecule has 0 atom stereocenters. The molecule has 0 saturated heterocycles. The van der Waals surface area contributed by atoms with Crippen molar-refractivity contribution in [1.82, 2.24) is 9.97 Å². The monoisotopic (exact) mass is 615 g/mol. The fourth-order valence-electron chi connectivity index (χ4n) is 5.53. The number of ketones is 1. The van der Waals surface area contributed by atoms with Crippen molar-refractivity contribution in [2.75, 3.05) is 5.32 Å². The van der Waals surface area contributed by atoms with E-state index in [0.717, 1.165) is 11.1 Å². The van der Waals surface area contributed by atoms with Gasteiger partial charge >= 0.3 is 0 Å². The Morgan fingerprint density at radius 3 is 2.09 bits per heavy atom. The van der Waals surface area contributed by atoms with Crippen LogP contribution in [0.25, 0.3) is 33.5 Å². The number of hydrogen-bond donors (Lipinski definition) is 1. The van der Waals surface area contributed by atoms with E-state index in [0.29, 0.717) is 66.5 Å². The third-order valence-electron chi connectivity index (χ3n) is 7.79. The quantitative estimate of drug-likeness (QED) is 0.208. The maximum absolute atomic E-state index is 14.2. The van der Waals surface area contributed by atoms with E-state index in [4.69, 9.17) is 37.9 Å². The van der Waals surface area contributed by atoms with Crippen LogP contribution in [-0.2, 0) is 5.41 Å². The lowest BCUT2D eigenvalue weighted by atomic mass is 9.85. The molecule has 1 heterocycles. The second-order valence-corrected chi connectivity index (χ2v) is 12.6. The van der Waals surface area contributed by atoms with Gasteiger partial charge in [-0.25, -0.2) is 9.97 Å². The molecule has 1 N–H and O–H groups in total. The zero-order valence-corrected chi connectivity index (χ0v) is 25.8. The summed E-state index contributed by atoms with van der Waals surface area (Å²) in [7, 11) is 0. The first-order valence-electron chi connectivity index (χ1n) is 14.3. The van der Waals surface area contributed by atoms with Crippen LogP contribution in [0.15, 0.2) is 103 Å². The molecular formula is C37H27Cl2N3O2. The highest BCUT2D eigenvalue weighted by Gasteiger charge is 2.32. The van der Waals surface area contributed by atoms with Gasteiger partial charge in [0.05, 0.1) is 32.7 Å². The standard InChI is InChI=1S/C37H27Cl2N3O2/c1-37(2,3)22-16-18-23(19-17-22)44-29-20-28(40-33-26(38)14-9-15-27(33)39)30-31-32(24-12-7-8-13-25(24)35(30)43)41-36(42-34(29)31)21-10-5-4-6-11-21/h4-20,40H,1-3H3. The number of carbonyl (C=O) groups is 1. The number of rotatable bonds is 5. The lowest BCUT2D eigenvalue weighted by Crippen LogP contribution is -2.15. The first-order valence-corrected chi connectivity index (χ1v) is 15.0. The summed E-state index contributed by atoms with van der Waals surface area (Å²) in [5.41, 5.74) is 5.92. The molecule has 1 aliphatic carbocycles. The Kier molecular flexibility index (Phi) is 6.88. The zero-order valence-electron chi connectivity index (χ0n) is 24.3. The van der Waals surface area contributed by atoms with E-state index >= 15 is 0 Å². The molecule has 6 aromatic rings. The number of benzene rings is 5. The Morgan fingerprint density at radius 2 is 1.41 bits per heavy atom. The molecule has 216 valence electrons. The summed E-state index contributed by atoms with van der Waals surface area (Å²) >= 11 is 13.2. The number of ether oxygens (including phenoxy) is 1. The number of carbonyl (C=O) groups excluding carboxylic acids is 1. The van der Waals surface area contributed by atoms with Crippen LogP contribution in [0.4, 0.5) is 11.4 Å². The van der Waals surface area contributed by atoms with E-state index in [1.807, 2.05) is 66.7 Å². The van der Waals surface area contributed by atoms with Gasteiger partial charge in [-0.2, -0.15) is 0 Å². The van der Waals surface area contributed by atoms with Gasteiger partial charge in [0, 0.05) is 28.1 Å². The van der Waals surface area contributed by atoms with E-state index in [2.05, 4.69) is 38.2 Å². The van der Waals surface area contributed by atoms with Crippen molar-refractivity contribution in [3.63, 3.8) is 0 Å². The highest BCUT2D eigenvalue weighted by molar-refractivity contribution is 6.39. The van der Waals surface area contributed by atoms with Crippen molar-refractivity contribution in [3.8, 4) is 34.1 Å². The summed E-state index contributed by atoms with van der Waals surface area (Å²) in [6.45, 7) is 6.51. The number of para-hydroxylation sites is 1. The van der Waals surface area contributed by atoms with E-state index < -0.39 is 0 Å². The molecule has 5 aromatic carbocycles. The molecule has 0 bridgehead atoms. The number of aromatic nitrogens is 2. The minimum atomic E-state index is -0.152. The molecule has 0 fully saturated rings. The second kappa shape index (κ2) is 10.8. The highest BCUT2D eigenvalue weighted by atomic mass is 35.5. The predicted molar refractivity (Wildman–Crippen MR) is 179 cm³/mol. The van der Waals surface area contributed by atoms with Crippen LogP contribution in [0.3, 0.4) is 0 Å². The zero-order chi connectivity index (χ0) is 30.6. The molecular weight excluding hydrogens is 589 g/mol. The molecule has 0 amide bonds. The van der Waals surface area contributed by atoms with Crippen LogP contribution in [0.2, 0.25) is 10.0 Å². The molecule has 0 saturated carbocycles. The summed E-state index contributed by atoms with van der Waals surface area (Å²) < 4.78 is 6.58. The Hall–Kier alpha value is -4.71. The maximum atomic E-state index is 14.2. The number of anilines is 2. The predicted octanol–water partition coefficient (Wildman–Crippen LogP) is 10.6. The molecule has 1 aromatic heterocycles. The summed E-state index contributed by atoms with van der Waals surface area (Å²) in [4.78, 5) is 24.3. The van der Waals surface area contributed by atoms with Crippen molar-refractivity contribution in [2.45, 2.75) is 26.2 Å². The van der Waals surface area contributed by atoms with Gasteiger partial charge in [-0.05, 0) is 35.2 Å². The van der Waals surface area contributed by atoms with Gasteiger partial charge in [0.2, 0.25) is 0 Å². The molecule has 7 heteroatoms. The number of nitrogens with one attached hydrogen (secondary N) is 1. The Bertz CT molecular complexity index is 2070. The number of halogens is 2. The highest BCUT2D eigenvalue weighted by Crippen LogP contribution is 2.47. The van der Waals surface area contributed by atoms with Crippen molar-refractivity contribution >= 4 is 51.3 Å². The van der Waals surface area contributed by atoms with E-state index in [1.54, 1.807) is 24.3 Å². The average Bonchev–Trinajstić information content (AvgIpc) is 3.02. The Labute approximate surface area is 265 Å². The molecule has 0 radical (unpaired) electrons. The minimum Gasteiger partial charge on any atom is -0.455 e. The number of hydrogen-bond acceptors (Lipinski definition) is 5. The van der Waals surface area contributed by atoms with Crippen molar-refractivity contribution in [1.29, 1.82) is 0 Å². The summed E-state index contributed by atoms with van der Waals surface area (Å²) in [5, 5.41) is 4.80. The van der Waals surface area contributed by atoms with E-state index in [-0.39, 0.29) is 11.2 Å². The fourth-order valence-corrected chi connectivity index (χ4v) is 6.02. The van der Waals surface area contributed by atoms with Gasteiger partial charge in [0.1, 0.15) is 11.3 Å². The van der Waals surface area contributed by atoms with Crippen LogP contribution in [-0.4, -0.2) is 15.8 Å². The number of fused-ring (bicyclic) bond motifs is 2. The van der Waals surface area contributed by atoms with Crippen LogP contribution in [0, 0.1) is 0 Å². The molecule has 7 rings (SSSR count). The average molecular weight is 617 g/mol. The van der Waals surface area contributed by atoms with Crippen LogP contribution in [0.1, 0.15) is 42.3 Å². The molecule has 1 aliphatic rings. The molecule has 0 unspecified atom stereocenters. The first kappa shape index (κ1) is 28.1. The molecule has 5 nitrogen and oxygen atoms in total. The third kappa shape index (κ3) is 4.88. The fraction of sp³-hybridized carbons (Fsp3) is 0.108. The molecule has 0 aliphatic heterocycles. The van der Waals surface area contributed by atoms with Gasteiger partial charge in [-0.3, -0.25) is 4.79 Å². The smallest absolute Gasteiger partial charge is 0.196 e. The third-order valence-corrected chi connectivity index (χ3v) is 8.42. The van der Waals surface area contributed by atoms with Crippen molar-refractivity contribution < 1.29 is 9.53 Å². The van der Waals surface area contributed by atoms with Crippen molar-refractivity contribution in [3.05, 3.63) is 130 Å². The molecule has 44 heavy (non-hydrogen) atoms. The SMILES string of the molecule is CC(C)(C)c1ccc(Oc2cc(Nc3c(Cl)cccc3Cl)c3c4c(nc(-c5ccccc5)nc24)-c2ccccc2C3=O)cc1. The normalized spacial score (nSPS) is 12.2. The number of nitrogens with zero attached hydrogens (tertiary/aromatic N) is 2. The van der Waals surface area contributed by atoms with Gasteiger partial charge < -0.3 is 10.1 Å². The largest absolute Gasteiger partial charge is 0.455 e. The lowest BCUT2D eigenvalue weighted by Gasteiger charge is -2.24. The van der Waals surface area contributed by atoms with Gasteiger partial charge in [-0.15, -0.1) is 0 Å².